The van der Waals surface area contributed by atoms with Crippen LogP contribution < -0.4 is 9.64 Å². The van der Waals surface area contributed by atoms with E-state index >= 15 is 0 Å². The first kappa shape index (κ1) is 18.2. The summed E-state index contributed by atoms with van der Waals surface area (Å²) in [5, 5.41) is 10.7. The first-order chi connectivity index (χ1) is 12.5. The Balaban J connectivity index is 1.73. The smallest absolute Gasteiger partial charge is 0.256 e. The molecule has 2 aromatic rings. The van der Waals surface area contributed by atoms with Gasteiger partial charge < -0.3 is 19.6 Å². The summed E-state index contributed by atoms with van der Waals surface area (Å²) in [4.78, 5) is 28.1. The van der Waals surface area contributed by atoms with Crippen molar-refractivity contribution in [1.82, 2.24) is 4.90 Å². The summed E-state index contributed by atoms with van der Waals surface area (Å²) in [6.07, 6.45) is -1.39. The van der Waals surface area contributed by atoms with Crippen molar-refractivity contribution in [2.24, 2.45) is 0 Å². The Morgan fingerprint density at radius 1 is 1.15 bits per heavy atom. The van der Waals surface area contributed by atoms with Gasteiger partial charge in [0.1, 0.15) is 12.3 Å². The first-order valence-corrected chi connectivity index (χ1v) is 8.55. The van der Waals surface area contributed by atoms with Crippen molar-refractivity contribution >= 4 is 29.1 Å². The van der Waals surface area contributed by atoms with Crippen molar-refractivity contribution in [2.75, 3.05) is 31.6 Å². The first-order valence-electron chi connectivity index (χ1n) is 8.17. The molecule has 0 bridgehead atoms. The Kier molecular flexibility index (Phi) is 5.44. The van der Waals surface area contributed by atoms with Gasteiger partial charge in [0.15, 0.2) is 6.10 Å². The third-order valence-corrected chi connectivity index (χ3v) is 4.69. The molecule has 3 rings (SSSR count). The Morgan fingerprint density at radius 2 is 1.85 bits per heavy atom. The van der Waals surface area contributed by atoms with Crippen molar-refractivity contribution in [3.63, 3.8) is 0 Å². The summed E-state index contributed by atoms with van der Waals surface area (Å²) >= 11 is 6.05. The molecule has 0 saturated carbocycles. The van der Waals surface area contributed by atoms with Crippen LogP contribution in [0.1, 0.15) is 11.7 Å². The molecule has 0 radical (unpaired) electrons. The van der Waals surface area contributed by atoms with E-state index in [0.29, 0.717) is 35.1 Å². The van der Waals surface area contributed by atoms with E-state index in [1.807, 2.05) is 12.1 Å². The lowest BCUT2D eigenvalue weighted by molar-refractivity contribution is -0.144. The number of benzene rings is 2. The quantitative estimate of drug-likeness (QED) is 0.891. The molecule has 1 aliphatic heterocycles. The van der Waals surface area contributed by atoms with E-state index in [0.717, 1.165) is 0 Å². The van der Waals surface area contributed by atoms with Gasteiger partial charge in [0.05, 0.1) is 12.8 Å². The van der Waals surface area contributed by atoms with Crippen molar-refractivity contribution in [2.45, 2.75) is 6.10 Å². The van der Waals surface area contributed by atoms with Gasteiger partial charge in [0.25, 0.3) is 5.91 Å². The third-order valence-electron chi connectivity index (χ3n) is 4.34. The number of ether oxygens (including phenoxy) is 1. The average molecular weight is 375 g/mol. The zero-order valence-electron chi connectivity index (χ0n) is 14.3. The highest BCUT2D eigenvalue weighted by Crippen LogP contribution is 2.30. The van der Waals surface area contributed by atoms with Crippen LogP contribution in [0.25, 0.3) is 0 Å². The molecule has 2 amide bonds. The van der Waals surface area contributed by atoms with E-state index in [2.05, 4.69) is 0 Å². The highest BCUT2D eigenvalue weighted by Gasteiger charge is 2.33. The van der Waals surface area contributed by atoms with Gasteiger partial charge in [-0.2, -0.15) is 0 Å². The standard InChI is InChI=1S/C19H19ClN2O4/c1-26-16-9-5-4-8-15(16)22-11-10-21(12-17(22)23)19(25)18(24)13-6-2-3-7-14(13)20/h2-9,18,24H,10-12H2,1H3/t18-/m0/s1. The second-order valence-electron chi connectivity index (χ2n) is 5.90. The summed E-state index contributed by atoms with van der Waals surface area (Å²) in [7, 11) is 1.54. The van der Waals surface area contributed by atoms with Crippen LogP contribution >= 0.6 is 11.6 Å². The molecule has 1 atom stereocenters. The zero-order valence-corrected chi connectivity index (χ0v) is 15.0. The Bertz CT molecular complexity index is 827. The van der Waals surface area contributed by atoms with Crippen LogP contribution in [0.2, 0.25) is 5.02 Å². The number of nitrogens with zero attached hydrogens (tertiary/aromatic N) is 2. The summed E-state index contributed by atoms with van der Waals surface area (Å²) in [5.74, 6) is -0.177. The third kappa shape index (κ3) is 3.52. The topological polar surface area (TPSA) is 70.1 Å². The molecule has 136 valence electrons. The van der Waals surface area contributed by atoms with Crippen molar-refractivity contribution in [1.29, 1.82) is 0 Å². The van der Waals surface area contributed by atoms with Crippen LogP contribution in [0.5, 0.6) is 5.75 Å². The van der Waals surface area contributed by atoms with Gasteiger partial charge in [-0.15, -0.1) is 0 Å². The summed E-state index contributed by atoms with van der Waals surface area (Å²) in [6, 6.07) is 13.8. The monoisotopic (exact) mass is 374 g/mol. The number of methoxy groups -OCH3 is 1. The molecule has 1 heterocycles. The van der Waals surface area contributed by atoms with Gasteiger partial charge in [0.2, 0.25) is 5.91 Å². The fourth-order valence-electron chi connectivity index (χ4n) is 2.97. The van der Waals surface area contributed by atoms with Gasteiger partial charge in [-0.3, -0.25) is 9.59 Å². The predicted molar refractivity (Wildman–Crippen MR) is 98.3 cm³/mol. The number of hydrogen-bond acceptors (Lipinski definition) is 4. The molecule has 2 aromatic carbocycles. The van der Waals surface area contributed by atoms with Crippen LogP contribution in [0.4, 0.5) is 5.69 Å². The maximum absolute atomic E-state index is 12.6. The highest BCUT2D eigenvalue weighted by atomic mass is 35.5. The number of carbonyl (C=O) groups excluding carboxylic acids is 2. The molecule has 1 N–H and O–H groups in total. The largest absolute Gasteiger partial charge is 0.495 e. The molecule has 0 aromatic heterocycles. The van der Waals surface area contributed by atoms with Gasteiger partial charge in [0, 0.05) is 23.7 Å². The number of aliphatic hydroxyl groups excluding tert-OH is 1. The van der Waals surface area contributed by atoms with Crippen LogP contribution in [-0.4, -0.2) is 48.6 Å². The molecular formula is C19H19ClN2O4. The second-order valence-corrected chi connectivity index (χ2v) is 6.31. The minimum Gasteiger partial charge on any atom is -0.495 e. The molecule has 0 spiro atoms. The molecule has 0 unspecified atom stereocenters. The van der Waals surface area contributed by atoms with Crippen LogP contribution in [0.15, 0.2) is 48.5 Å². The molecule has 1 saturated heterocycles. The van der Waals surface area contributed by atoms with Crippen LogP contribution in [0.3, 0.4) is 0 Å². The van der Waals surface area contributed by atoms with Crippen LogP contribution in [-0.2, 0) is 9.59 Å². The normalized spacial score (nSPS) is 15.7. The van der Waals surface area contributed by atoms with E-state index in [4.69, 9.17) is 16.3 Å². The minimum absolute atomic E-state index is 0.113. The SMILES string of the molecule is COc1ccccc1N1CCN(C(=O)[C@@H](O)c2ccccc2Cl)CC1=O. The number of anilines is 1. The molecule has 26 heavy (non-hydrogen) atoms. The lowest BCUT2D eigenvalue weighted by Gasteiger charge is -2.35. The van der Waals surface area contributed by atoms with Gasteiger partial charge in [-0.1, -0.05) is 41.9 Å². The van der Waals surface area contributed by atoms with E-state index in [1.165, 1.54) is 4.90 Å². The molecule has 0 aliphatic carbocycles. The second kappa shape index (κ2) is 7.76. The van der Waals surface area contributed by atoms with Crippen molar-refractivity contribution in [3.8, 4) is 5.75 Å². The lowest BCUT2D eigenvalue weighted by atomic mass is 10.1. The van der Waals surface area contributed by atoms with E-state index in [1.54, 1.807) is 48.4 Å². The molecule has 6 nitrogen and oxygen atoms in total. The lowest BCUT2D eigenvalue weighted by Crippen LogP contribution is -2.53. The summed E-state index contributed by atoms with van der Waals surface area (Å²) in [5.41, 5.74) is 0.998. The van der Waals surface area contributed by atoms with E-state index in [9.17, 15) is 14.7 Å². The van der Waals surface area contributed by atoms with Crippen LogP contribution in [0, 0.1) is 0 Å². The Morgan fingerprint density at radius 3 is 2.54 bits per heavy atom. The minimum atomic E-state index is -1.39. The van der Waals surface area contributed by atoms with Gasteiger partial charge >= 0.3 is 0 Å². The maximum atomic E-state index is 12.6. The number of aliphatic hydroxyl groups is 1. The number of halogens is 1. The van der Waals surface area contributed by atoms with Gasteiger partial charge in [-0.25, -0.2) is 0 Å². The fourth-order valence-corrected chi connectivity index (χ4v) is 3.21. The summed E-state index contributed by atoms with van der Waals surface area (Å²) < 4.78 is 5.30. The van der Waals surface area contributed by atoms with E-state index < -0.39 is 12.0 Å². The molecule has 7 heteroatoms. The number of para-hydroxylation sites is 2. The van der Waals surface area contributed by atoms with E-state index in [-0.39, 0.29) is 12.5 Å². The maximum Gasteiger partial charge on any atom is 0.256 e. The van der Waals surface area contributed by atoms with Gasteiger partial charge in [-0.05, 0) is 18.2 Å². The fraction of sp³-hybridized carbons (Fsp3) is 0.263. The molecule has 1 fully saturated rings. The average Bonchev–Trinajstić information content (AvgIpc) is 2.67. The van der Waals surface area contributed by atoms with Crippen molar-refractivity contribution < 1.29 is 19.4 Å². The number of carbonyl (C=O) groups is 2. The Labute approximate surface area is 156 Å². The number of piperazine rings is 1. The Hall–Kier alpha value is -2.57. The highest BCUT2D eigenvalue weighted by molar-refractivity contribution is 6.31. The molecular weight excluding hydrogens is 356 g/mol. The number of rotatable bonds is 4. The molecule has 1 aliphatic rings. The van der Waals surface area contributed by atoms with Crippen molar-refractivity contribution in [3.05, 3.63) is 59.1 Å². The number of hydrogen-bond donors (Lipinski definition) is 1. The summed E-state index contributed by atoms with van der Waals surface area (Å²) in [6.45, 7) is 0.517. The number of amides is 2. The zero-order chi connectivity index (χ0) is 18.7. The predicted octanol–water partition coefficient (Wildman–Crippen LogP) is 2.26.